The van der Waals surface area contributed by atoms with E-state index in [1.807, 2.05) is 36.4 Å². The minimum atomic E-state index is -0.273. The van der Waals surface area contributed by atoms with Crippen LogP contribution in [0.4, 0.5) is 0 Å². The summed E-state index contributed by atoms with van der Waals surface area (Å²) in [5, 5.41) is 0. The first-order valence-corrected chi connectivity index (χ1v) is 5.53. The Kier molecular flexibility index (Phi) is 2.25. The Hall–Kier alpha value is -2.03. The van der Waals surface area contributed by atoms with Gasteiger partial charge in [-0.25, -0.2) is 0 Å². The number of Topliss-reactive ketones (excluding diaryl/α,β-unsaturated/α-hetero) is 1. The van der Waals surface area contributed by atoms with E-state index in [9.17, 15) is 4.79 Å². The van der Waals surface area contributed by atoms with E-state index in [-0.39, 0.29) is 17.8 Å². The van der Waals surface area contributed by atoms with Gasteiger partial charge >= 0.3 is 0 Å². The number of methoxy groups -OCH3 is 1. The molecule has 0 saturated heterocycles. The maximum absolute atomic E-state index is 12.3. The van der Waals surface area contributed by atoms with Gasteiger partial charge in [0.25, 0.3) is 0 Å². The predicted octanol–water partition coefficient (Wildman–Crippen LogP) is 2.35. The Labute approximate surface area is 99.3 Å². The van der Waals surface area contributed by atoms with E-state index in [0.29, 0.717) is 17.1 Å². The van der Waals surface area contributed by atoms with Crippen LogP contribution in [0, 0.1) is 5.92 Å². The van der Waals surface area contributed by atoms with E-state index in [2.05, 4.69) is 0 Å². The summed E-state index contributed by atoms with van der Waals surface area (Å²) in [5.74, 6) is 1.20. The molecule has 3 rings (SSSR count). The van der Waals surface area contributed by atoms with E-state index >= 15 is 0 Å². The number of hydrogen-bond donors (Lipinski definition) is 0. The molecule has 3 heteroatoms. The van der Waals surface area contributed by atoms with Crippen molar-refractivity contribution in [2.75, 3.05) is 7.11 Å². The third kappa shape index (κ3) is 1.55. The molecule has 0 N–H and O–H groups in total. The van der Waals surface area contributed by atoms with E-state index in [1.54, 1.807) is 13.2 Å². The fourth-order valence-corrected chi connectivity index (χ4v) is 2.21. The Bertz CT molecular complexity index is 528. The molecule has 3 nitrogen and oxygen atoms in total. The summed E-state index contributed by atoms with van der Waals surface area (Å²) in [6.07, 6.45) is 5.32. The van der Waals surface area contributed by atoms with Crippen LogP contribution in [0.3, 0.4) is 0 Å². The number of rotatable bonds is 1. The topological polar surface area (TPSA) is 35.5 Å². The second-order valence-corrected chi connectivity index (χ2v) is 4.10. The van der Waals surface area contributed by atoms with Crippen LogP contribution in [0.15, 0.2) is 48.3 Å². The molecule has 2 atom stereocenters. The van der Waals surface area contributed by atoms with Crippen molar-refractivity contribution in [2.24, 2.45) is 5.92 Å². The summed E-state index contributed by atoms with van der Waals surface area (Å²) in [4.78, 5) is 12.3. The number of hydrogen-bond acceptors (Lipinski definition) is 3. The highest BCUT2D eigenvalue weighted by molar-refractivity contribution is 6.03. The SMILES string of the molecule is COC1=C[C@@H]2C(=O)c3ccccc3O[C@H]2C=C1. The molecule has 0 aromatic heterocycles. The quantitative estimate of drug-likeness (QED) is 0.740. The van der Waals surface area contributed by atoms with Crippen LogP contribution in [0.5, 0.6) is 5.75 Å². The van der Waals surface area contributed by atoms with Crippen molar-refractivity contribution in [2.45, 2.75) is 6.10 Å². The molecule has 1 aliphatic carbocycles. The van der Waals surface area contributed by atoms with Crippen molar-refractivity contribution in [3.05, 3.63) is 53.8 Å². The van der Waals surface area contributed by atoms with Crippen molar-refractivity contribution in [3.63, 3.8) is 0 Å². The largest absolute Gasteiger partial charge is 0.497 e. The van der Waals surface area contributed by atoms with Crippen molar-refractivity contribution in [1.82, 2.24) is 0 Å². The second kappa shape index (κ2) is 3.77. The average molecular weight is 228 g/mol. The molecule has 0 spiro atoms. The number of ether oxygens (including phenoxy) is 2. The van der Waals surface area contributed by atoms with Crippen LogP contribution in [0.25, 0.3) is 0 Å². The van der Waals surface area contributed by atoms with E-state index in [1.165, 1.54) is 0 Å². The molecular formula is C14H12O3. The zero-order valence-electron chi connectivity index (χ0n) is 9.42. The lowest BCUT2D eigenvalue weighted by molar-refractivity contribution is 0.0798. The van der Waals surface area contributed by atoms with Crippen LogP contribution in [-0.2, 0) is 4.74 Å². The summed E-state index contributed by atoms with van der Waals surface area (Å²) >= 11 is 0. The van der Waals surface area contributed by atoms with Gasteiger partial charge in [-0.05, 0) is 30.4 Å². The molecule has 1 aromatic rings. The van der Waals surface area contributed by atoms with Gasteiger partial charge in [0.2, 0.25) is 0 Å². The Morgan fingerprint density at radius 2 is 2.12 bits per heavy atom. The van der Waals surface area contributed by atoms with Gasteiger partial charge in [-0.3, -0.25) is 4.79 Å². The van der Waals surface area contributed by atoms with Gasteiger partial charge in [0.05, 0.1) is 18.6 Å². The van der Waals surface area contributed by atoms with Crippen LogP contribution in [-0.4, -0.2) is 19.0 Å². The summed E-state index contributed by atoms with van der Waals surface area (Å²) in [5.41, 5.74) is 0.649. The molecular weight excluding hydrogens is 216 g/mol. The normalized spacial score (nSPS) is 25.5. The number of allylic oxidation sites excluding steroid dienone is 1. The molecule has 0 bridgehead atoms. The molecule has 0 amide bonds. The summed E-state index contributed by atoms with van der Waals surface area (Å²) in [7, 11) is 1.60. The molecule has 1 heterocycles. The van der Waals surface area contributed by atoms with Gasteiger partial charge in [0.15, 0.2) is 5.78 Å². The molecule has 2 aliphatic rings. The Morgan fingerprint density at radius 1 is 1.29 bits per heavy atom. The molecule has 0 radical (unpaired) electrons. The minimum absolute atomic E-state index is 0.0933. The molecule has 0 unspecified atom stereocenters. The summed E-state index contributed by atoms with van der Waals surface area (Å²) in [6.45, 7) is 0. The lowest BCUT2D eigenvalue weighted by atomic mass is 9.86. The number of fused-ring (bicyclic) bond motifs is 2. The van der Waals surface area contributed by atoms with Gasteiger partial charge in [0.1, 0.15) is 17.6 Å². The number of carbonyl (C=O) groups is 1. The number of ketones is 1. The molecule has 0 fully saturated rings. The molecule has 17 heavy (non-hydrogen) atoms. The fourth-order valence-electron chi connectivity index (χ4n) is 2.21. The van der Waals surface area contributed by atoms with Gasteiger partial charge in [0, 0.05) is 0 Å². The predicted molar refractivity (Wildman–Crippen MR) is 62.9 cm³/mol. The van der Waals surface area contributed by atoms with Crippen LogP contribution >= 0.6 is 0 Å². The fraction of sp³-hybridized carbons (Fsp3) is 0.214. The van der Waals surface area contributed by atoms with Crippen molar-refractivity contribution >= 4 is 5.78 Å². The number of para-hydroxylation sites is 1. The maximum atomic E-state index is 12.3. The zero-order chi connectivity index (χ0) is 11.8. The highest BCUT2D eigenvalue weighted by Gasteiger charge is 2.36. The molecule has 1 aromatic carbocycles. The summed E-state index contributed by atoms with van der Waals surface area (Å²) < 4.78 is 10.9. The Morgan fingerprint density at radius 3 is 2.94 bits per heavy atom. The minimum Gasteiger partial charge on any atom is -0.497 e. The van der Waals surface area contributed by atoms with Crippen LogP contribution in [0.2, 0.25) is 0 Å². The van der Waals surface area contributed by atoms with Gasteiger partial charge in [-0.15, -0.1) is 0 Å². The zero-order valence-corrected chi connectivity index (χ0v) is 9.42. The first-order chi connectivity index (χ1) is 8.29. The Balaban J connectivity index is 2.04. The standard InChI is InChI=1S/C14H12O3/c1-16-9-6-7-13-11(8-9)14(15)10-4-2-3-5-12(10)17-13/h2-8,11,13H,1H3/t11-,13-/m0/s1. The van der Waals surface area contributed by atoms with Crippen LogP contribution in [0.1, 0.15) is 10.4 Å². The monoisotopic (exact) mass is 228 g/mol. The highest BCUT2D eigenvalue weighted by Crippen LogP contribution is 2.34. The van der Waals surface area contributed by atoms with E-state index < -0.39 is 0 Å². The van der Waals surface area contributed by atoms with Crippen molar-refractivity contribution in [1.29, 1.82) is 0 Å². The van der Waals surface area contributed by atoms with Crippen molar-refractivity contribution in [3.8, 4) is 5.75 Å². The molecule has 86 valence electrons. The van der Waals surface area contributed by atoms with Crippen LogP contribution < -0.4 is 4.74 Å². The lowest BCUT2D eigenvalue weighted by Gasteiger charge is -2.31. The van der Waals surface area contributed by atoms with Crippen molar-refractivity contribution < 1.29 is 14.3 Å². The smallest absolute Gasteiger partial charge is 0.177 e. The average Bonchev–Trinajstić information content (AvgIpc) is 2.39. The maximum Gasteiger partial charge on any atom is 0.177 e. The second-order valence-electron chi connectivity index (χ2n) is 4.10. The molecule has 0 saturated carbocycles. The molecule has 1 aliphatic heterocycles. The first-order valence-electron chi connectivity index (χ1n) is 5.53. The number of benzene rings is 1. The van der Waals surface area contributed by atoms with E-state index in [0.717, 1.165) is 0 Å². The van der Waals surface area contributed by atoms with Gasteiger partial charge in [-0.1, -0.05) is 12.1 Å². The third-order valence-electron chi connectivity index (χ3n) is 3.10. The van der Waals surface area contributed by atoms with E-state index in [4.69, 9.17) is 9.47 Å². The lowest BCUT2D eigenvalue weighted by Crippen LogP contribution is -2.36. The summed E-state index contributed by atoms with van der Waals surface area (Å²) in [6, 6.07) is 7.34. The van der Waals surface area contributed by atoms with Gasteiger partial charge < -0.3 is 9.47 Å². The number of carbonyl (C=O) groups excluding carboxylic acids is 1. The third-order valence-corrected chi connectivity index (χ3v) is 3.10. The van der Waals surface area contributed by atoms with Gasteiger partial charge in [-0.2, -0.15) is 0 Å². The first kappa shape index (κ1) is 10.1. The highest BCUT2D eigenvalue weighted by atomic mass is 16.5.